The van der Waals surface area contributed by atoms with Gasteiger partial charge >= 0.3 is 5.97 Å². The van der Waals surface area contributed by atoms with E-state index in [0.29, 0.717) is 0 Å². The van der Waals surface area contributed by atoms with Gasteiger partial charge in [-0.25, -0.2) is 4.79 Å². The van der Waals surface area contributed by atoms with Crippen LogP contribution in [0.25, 0.3) is 0 Å². The molecule has 2 fully saturated rings. The highest BCUT2D eigenvalue weighted by Gasteiger charge is 2.50. The number of carbonyl (C=O) groups is 1. The number of rotatable bonds is 0. The summed E-state index contributed by atoms with van der Waals surface area (Å²) in [5.74, 6) is -1.38. The van der Waals surface area contributed by atoms with E-state index in [9.17, 15) is 9.90 Å². The molecule has 2 aliphatic rings. The van der Waals surface area contributed by atoms with Gasteiger partial charge in [-0.15, -0.1) is 0 Å². The van der Waals surface area contributed by atoms with Crippen molar-refractivity contribution in [2.45, 2.75) is 37.9 Å². The van der Waals surface area contributed by atoms with Crippen LogP contribution in [0.5, 0.6) is 0 Å². The summed E-state index contributed by atoms with van der Waals surface area (Å²) in [5, 5.41) is 9.37. The standard InChI is InChI=1S/C8H12O5/c1-8(2)11-3-4-6(13-8)5(9)7(10)12-4/h4-6,9H,3H2,1-2H3/t4-,5?,6+/m0/s1. The number of fused-ring (bicyclic) bond motifs is 1. The van der Waals surface area contributed by atoms with Crippen LogP contribution in [0.3, 0.4) is 0 Å². The molecule has 0 aliphatic carbocycles. The van der Waals surface area contributed by atoms with Crippen molar-refractivity contribution in [2.75, 3.05) is 6.61 Å². The van der Waals surface area contributed by atoms with E-state index in [0.717, 1.165) is 0 Å². The molecular formula is C8H12O5. The predicted molar refractivity (Wildman–Crippen MR) is 40.8 cm³/mol. The molecule has 2 saturated heterocycles. The summed E-state index contributed by atoms with van der Waals surface area (Å²) in [6.07, 6.45) is -2.22. The minimum Gasteiger partial charge on any atom is -0.455 e. The van der Waals surface area contributed by atoms with Crippen molar-refractivity contribution in [3.8, 4) is 0 Å². The van der Waals surface area contributed by atoms with Gasteiger partial charge in [-0.3, -0.25) is 0 Å². The Morgan fingerprint density at radius 1 is 1.54 bits per heavy atom. The van der Waals surface area contributed by atoms with Crippen molar-refractivity contribution in [2.24, 2.45) is 0 Å². The average molecular weight is 188 g/mol. The van der Waals surface area contributed by atoms with Gasteiger partial charge in [0.05, 0.1) is 6.61 Å². The van der Waals surface area contributed by atoms with E-state index in [4.69, 9.17) is 14.2 Å². The smallest absolute Gasteiger partial charge is 0.338 e. The Morgan fingerprint density at radius 3 is 2.92 bits per heavy atom. The van der Waals surface area contributed by atoms with Gasteiger partial charge in [-0.1, -0.05) is 0 Å². The number of aliphatic hydroxyl groups is 1. The number of hydrogen-bond donors (Lipinski definition) is 1. The van der Waals surface area contributed by atoms with Gasteiger partial charge in [0, 0.05) is 0 Å². The predicted octanol–water partition coefficient (Wildman–Crippen LogP) is -0.576. The Balaban J connectivity index is 2.14. The van der Waals surface area contributed by atoms with Crippen LogP contribution in [-0.2, 0) is 19.0 Å². The monoisotopic (exact) mass is 188 g/mol. The van der Waals surface area contributed by atoms with E-state index >= 15 is 0 Å². The zero-order valence-electron chi connectivity index (χ0n) is 7.52. The SMILES string of the molecule is CC1(C)OC[C@@H]2OC(=O)C(O)[C@@H]2O1. The van der Waals surface area contributed by atoms with Gasteiger partial charge < -0.3 is 19.3 Å². The lowest BCUT2D eigenvalue weighted by Gasteiger charge is -2.36. The molecule has 0 aromatic heterocycles. The minimum absolute atomic E-state index is 0.278. The van der Waals surface area contributed by atoms with Crippen LogP contribution in [-0.4, -0.2) is 41.8 Å². The highest BCUT2D eigenvalue weighted by molar-refractivity contribution is 5.77. The molecule has 0 spiro atoms. The molecule has 0 aromatic carbocycles. The zero-order chi connectivity index (χ0) is 9.64. The molecule has 5 nitrogen and oxygen atoms in total. The minimum atomic E-state index is -1.17. The first kappa shape index (κ1) is 8.93. The Labute approximate surface area is 75.6 Å². The fourth-order valence-electron chi connectivity index (χ4n) is 1.54. The zero-order valence-corrected chi connectivity index (χ0v) is 7.52. The van der Waals surface area contributed by atoms with Gasteiger partial charge in [0.15, 0.2) is 18.0 Å². The first-order valence-corrected chi connectivity index (χ1v) is 4.20. The van der Waals surface area contributed by atoms with E-state index in [-0.39, 0.29) is 6.61 Å². The molecule has 0 radical (unpaired) electrons. The Morgan fingerprint density at radius 2 is 2.23 bits per heavy atom. The maximum atomic E-state index is 10.9. The average Bonchev–Trinajstić information content (AvgIpc) is 2.29. The lowest BCUT2D eigenvalue weighted by Crippen LogP contribution is -2.50. The van der Waals surface area contributed by atoms with E-state index < -0.39 is 30.1 Å². The fourth-order valence-corrected chi connectivity index (χ4v) is 1.54. The molecule has 0 saturated carbocycles. The molecule has 2 heterocycles. The first-order chi connectivity index (χ1) is 5.99. The summed E-state index contributed by atoms with van der Waals surface area (Å²) in [4.78, 5) is 10.9. The number of aliphatic hydroxyl groups excluding tert-OH is 1. The second-order valence-corrected chi connectivity index (χ2v) is 3.71. The van der Waals surface area contributed by atoms with Gasteiger partial charge in [-0.05, 0) is 13.8 Å². The second kappa shape index (κ2) is 2.67. The van der Waals surface area contributed by atoms with Crippen molar-refractivity contribution in [3.63, 3.8) is 0 Å². The molecule has 0 amide bonds. The van der Waals surface area contributed by atoms with E-state index in [1.165, 1.54) is 0 Å². The number of esters is 1. The number of carbonyl (C=O) groups excluding carboxylic acids is 1. The summed E-state index contributed by atoms with van der Waals surface area (Å²) in [6, 6.07) is 0. The molecule has 13 heavy (non-hydrogen) atoms. The Kier molecular flexibility index (Phi) is 1.83. The summed E-state index contributed by atoms with van der Waals surface area (Å²) >= 11 is 0. The van der Waals surface area contributed by atoms with Crippen molar-refractivity contribution in [1.82, 2.24) is 0 Å². The van der Waals surface area contributed by atoms with Crippen LogP contribution >= 0.6 is 0 Å². The van der Waals surface area contributed by atoms with Crippen LogP contribution in [0.15, 0.2) is 0 Å². The molecule has 5 heteroatoms. The largest absolute Gasteiger partial charge is 0.455 e. The van der Waals surface area contributed by atoms with Crippen LogP contribution in [0.1, 0.15) is 13.8 Å². The van der Waals surface area contributed by atoms with Gasteiger partial charge in [-0.2, -0.15) is 0 Å². The maximum absolute atomic E-state index is 10.9. The van der Waals surface area contributed by atoms with Crippen LogP contribution in [0.4, 0.5) is 0 Å². The maximum Gasteiger partial charge on any atom is 0.338 e. The normalized spacial score (nSPS) is 42.7. The summed E-state index contributed by atoms with van der Waals surface area (Å²) < 4.78 is 15.5. The van der Waals surface area contributed by atoms with Crippen molar-refractivity contribution >= 4 is 5.97 Å². The van der Waals surface area contributed by atoms with E-state index in [1.807, 2.05) is 0 Å². The Hall–Kier alpha value is -0.650. The van der Waals surface area contributed by atoms with Gasteiger partial charge in [0.2, 0.25) is 0 Å². The molecule has 1 unspecified atom stereocenters. The van der Waals surface area contributed by atoms with Crippen molar-refractivity contribution in [3.05, 3.63) is 0 Å². The van der Waals surface area contributed by atoms with Crippen molar-refractivity contribution in [1.29, 1.82) is 0 Å². The van der Waals surface area contributed by atoms with Gasteiger partial charge in [0.25, 0.3) is 0 Å². The lowest BCUT2D eigenvalue weighted by atomic mass is 10.1. The molecular weight excluding hydrogens is 176 g/mol. The molecule has 3 atom stereocenters. The third-order valence-electron chi connectivity index (χ3n) is 2.20. The summed E-state index contributed by atoms with van der Waals surface area (Å²) in [6.45, 7) is 3.75. The van der Waals surface area contributed by atoms with E-state index in [2.05, 4.69) is 0 Å². The topological polar surface area (TPSA) is 65.0 Å². The highest BCUT2D eigenvalue weighted by Crippen LogP contribution is 2.30. The summed E-state index contributed by atoms with van der Waals surface area (Å²) in [7, 11) is 0. The van der Waals surface area contributed by atoms with Crippen molar-refractivity contribution < 1.29 is 24.1 Å². The number of ether oxygens (including phenoxy) is 3. The highest BCUT2D eigenvalue weighted by atomic mass is 16.7. The third kappa shape index (κ3) is 1.43. The quantitative estimate of drug-likeness (QED) is 0.515. The lowest BCUT2D eigenvalue weighted by molar-refractivity contribution is -0.299. The molecule has 74 valence electrons. The molecule has 2 rings (SSSR count). The number of hydrogen-bond acceptors (Lipinski definition) is 5. The van der Waals surface area contributed by atoms with E-state index in [1.54, 1.807) is 13.8 Å². The molecule has 2 aliphatic heterocycles. The molecule has 0 aromatic rings. The molecule has 1 N–H and O–H groups in total. The second-order valence-electron chi connectivity index (χ2n) is 3.71. The van der Waals surface area contributed by atoms with Gasteiger partial charge in [0.1, 0.15) is 6.10 Å². The van der Waals surface area contributed by atoms with Crippen LogP contribution < -0.4 is 0 Å². The third-order valence-corrected chi connectivity index (χ3v) is 2.20. The van der Waals surface area contributed by atoms with Crippen LogP contribution in [0, 0.1) is 0 Å². The molecule has 0 bridgehead atoms. The van der Waals surface area contributed by atoms with Crippen LogP contribution in [0.2, 0.25) is 0 Å². The Bertz CT molecular complexity index is 237. The summed E-state index contributed by atoms with van der Waals surface area (Å²) in [5.41, 5.74) is 0. The fraction of sp³-hybridized carbons (Fsp3) is 0.875. The first-order valence-electron chi connectivity index (χ1n) is 4.20.